The first-order chi connectivity index (χ1) is 7.18. The third-order valence-corrected chi connectivity index (χ3v) is 2.47. The molecule has 1 aromatic carbocycles. The van der Waals surface area contributed by atoms with E-state index in [2.05, 4.69) is 10.0 Å². The molecule has 4 N–H and O–H groups in total. The highest BCUT2D eigenvalue weighted by Gasteiger charge is 1.93. The zero-order valence-electron chi connectivity index (χ0n) is 9.43. The molecule has 7 heteroatoms. The van der Waals surface area contributed by atoms with Crippen LogP contribution in [-0.4, -0.2) is 18.2 Å². The van der Waals surface area contributed by atoms with E-state index >= 15 is 0 Å². The third kappa shape index (κ3) is 8.97. The topological polar surface area (TPSA) is 67.2 Å². The standard InChI is InChI=1S/C10H15N3OS.2ClH/c1-8(14)12-6-7-15-13-10-4-2-9(11)3-5-10;;/h2-5,13H,6-7,11H2,1H3,(H,12,14);2*1H. The van der Waals surface area contributed by atoms with Gasteiger partial charge in [0.15, 0.2) is 0 Å². The summed E-state index contributed by atoms with van der Waals surface area (Å²) in [6.07, 6.45) is 0. The van der Waals surface area contributed by atoms with Gasteiger partial charge in [-0.3, -0.25) is 4.79 Å². The molecule has 0 aromatic heterocycles. The van der Waals surface area contributed by atoms with Crippen LogP contribution in [-0.2, 0) is 4.79 Å². The van der Waals surface area contributed by atoms with Gasteiger partial charge in [0, 0.05) is 30.6 Å². The largest absolute Gasteiger partial charge is 0.399 e. The second-order valence-electron chi connectivity index (χ2n) is 3.06. The van der Waals surface area contributed by atoms with Crippen molar-refractivity contribution in [3.05, 3.63) is 24.3 Å². The van der Waals surface area contributed by atoms with Crippen molar-refractivity contribution in [2.75, 3.05) is 22.8 Å². The average molecular weight is 298 g/mol. The highest BCUT2D eigenvalue weighted by molar-refractivity contribution is 8.00. The number of carbonyl (C=O) groups is 1. The van der Waals surface area contributed by atoms with Gasteiger partial charge in [0.05, 0.1) is 0 Å². The summed E-state index contributed by atoms with van der Waals surface area (Å²) in [4.78, 5) is 10.6. The maximum Gasteiger partial charge on any atom is 0.216 e. The normalized spacial score (nSPS) is 8.53. The quantitative estimate of drug-likeness (QED) is 0.443. The molecule has 0 saturated carbocycles. The van der Waals surface area contributed by atoms with Crippen LogP contribution in [0.4, 0.5) is 11.4 Å². The van der Waals surface area contributed by atoms with E-state index in [-0.39, 0.29) is 30.7 Å². The van der Waals surface area contributed by atoms with Crippen molar-refractivity contribution in [1.82, 2.24) is 5.32 Å². The lowest BCUT2D eigenvalue weighted by atomic mass is 10.3. The Morgan fingerprint density at radius 3 is 2.41 bits per heavy atom. The zero-order chi connectivity index (χ0) is 11.1. The molecule has 17 heavy (non-hydrogen) atoms. The Kier molecular flexibility index (Phi) is 11.3. The second-order valence-corrected chi connectivity index (χ2v) is 3.96. The molecule has 0 unspecified atom stereocenters. The van der Waals surface area contributed by atoms with E-state index < -0.39 is 0 Å². The monoisotopic (exact) mass is 297 g/mol. The van der Waals surface area contributed by atoms with Gasteiger partial charge < -0.3 is 15.8 Å². The van der Waals surface area contributed by atoms with E-state index in [9.17, 15) is 4.79 Å². The fourth-order valence-electron chi connectivity index (χ4n) is 0.964. The highest BCUT2D eigenvalue weighted by atomic mass is 35.5. The van der Waals surface area contributed by atoms with Crippen molar-refractivity contribution >= 4 is 54.0 Å². The van der Waals surface area contributed by atoms with Crippen LogP contribution in [0.5, 0.6) is 0 Å². The molecule has 0 fully saturated rings. The Morgan fingerprint density at radius 1 is 1.29 bits per heavy atom. The van der Waals surface area contributed by atoms with E-state index in [0.29, 0.717) is 6.54 Å². The number of rotatable bonds is 5. The van der Waals surface area contributed by atoms with Crippen LogP contribution in [0.3, 0.4) is 0 Å². The predicted molar refractivity (Wildman–Crippen MR) is 80.1 cm³/mol. The van der Waals surface area contributed by atoms with Crippen LogP contribution in [0, 0.1) is 0 Å². The van der Waals surface area contributed by atoms with Gasteiger partial charge >= 0.3 is 0 Å². The number of anilines is 2. The van der Waals surface area contributed by atoms with Gasteiger partial charge in [0.1, 0.15) is 0 Å². The van der Waals surface area contributed by atoms with Crippen molar-refractivity contribution in [2.24, 2.45) is 0 Å². The van der Waals surface area contributed by atoms with Gasteiger partial charge in [-0.1, -0.05) is 11.9 Å². The van der Waals surface area contributed by atoms with E-state index in [1.165, 1.54) is 6.92 Å². The maximum absolute atomic E-state index is 10.6. The highest BCUT2D eigenvalue weighted by Crippen LogP contribution is 2.14. The number of hydrogen-bond acceptors (Lipinski definition) is 4. The number of halogens is 2. The Balaban J connectivity index is 0. The van der Waals surface area contributed by atoms with Crippen LogP contribution in [0.1, 0.15) is 6.92 Å². The molecular formula is C10H17Cl2N3OS. The number of carbonyl (C=O) groups excluding carboxylic acids is 1. The molecule has 0 spiro atoms. The summed E-state index contributed by atoms with van der Waals surface area (Å²) in [6, 6.07) is 7.52. The summed E-state index contributed by atoms with van der Waals surface area (Å²) in [6.45, 7) is 2.18. The Bertz CT molecular complexity index is 322. The molecule has 0 saturated heterocycles. The number of benzene rings is 1. The minimum atomic E-state index is 0. The van der Waals surface area contributed by atoms with Gasteiger partial charge in [-0.2, -0.15) is 0 Å². The molecular weight excluding hydrogens is 281 g/mol. The van der Waals surface area contributed by atoms with Gasteiger partial charge in [-0.05, 0) is 24.3 Å². The summed E-state index contributed by atoms with van der Waals surface area (Å²) in [5.74, 6) is 0.826. The van der Waals surface area contributed by atoms with Gasteiger partial charge in [-0.25, -0.2) is 0 Å². The van der Waals surface area contributed by atoms with Gasteiger partial charge in [0.2, 0.25) is 5.91 Å². The number of nitrogens with two attached hydrogens (primary N) is 1. The summed E-state index contributed by atoms with van der Waals surface area (Å²) in [5.41, 5.74) is 7.32. The van der Waals surface area contributed by atoms with Crippen molar-refractivity contribution in [3.8, 4) is 0 Å². The van der Waals surface area contributed by atoms with Crippen LogP contribution in [0.25, 0.3) is 0 Å². The minimum absolute atomic E-state index is 0. The first-order valence-corrected chi connectivity index (χ1v) is 5.65. The molecule has 0 aliphatic heterocycles. The van der Waals surface area contributed by atoms with Crippen molar-refractivity contribution in [2.45, 2.75) is 6.92 Å². The molecule has 0 heterocycles. The number of amides is 1. The number of nitrogens with one attached hydrogen (secondary N) is 2. The van der Waals surface area contributed by atoms with Crippen LogP contribution < -0.4 is 15.8 Å². The Morgan fingerprint density at radius 2 is 1.88 bits per heavy atom. The minimum Gasteiger partial charge on any atom is -0.399 e. The molecule has 1 rings (SSSR count). The molecule has 4 nitrogen and oxygen atoms in total. The predicted octanol–water partition coefficient (Wildman–Crippen LogP) is 2.31. The summed E-state index contributed by atoms with van der Waals surface area (Å²) in [5, 5.41) is 2.72. The SMILES string of the molecule is CC(=O)NCCSNc1ccc(N)cc1.Cl.Cl. The Hall–Kier alpha value is -0.780. The van der Waals surface area contributed by atoms with E-state index in [4.69, 9.17) is 5.73 Å². The summed E-state index contributed by atoms with van der Waals surface area (Å²) in [7, 11) is 0. The molecule has 98 valence electrons. The van der Waals surface area contributed by atoms with Crippen molar-refractivity contribution < 1.29 is 4.79 Å². The molecule has 0 aliphatic carbocycles. The second kappa shape index (κ2) is 10.4. The molecule has 0 atom stereocenters. The van der Waals surface area contributed by atoms with E-state index in [1.807, 2.05) is 24.3 Å². The summed E-state index contributed by atoms with van der Waals surface area (Å²) < 4.78 is 3.16. The fourth-order valence-corrected chi connectivity index (χ4v) is 1.57. The maximum atomic E-state index is 10.6. The average Bonchev–Trinajstić information content (AvgIpc) is 2.20. The van der Waals surface area contributed by atoms with Crippen molar-refractivity contribution in [3.63, 3.8) is 0 Å². The van der Waals surface area contributed by atoms with Gasteiger partial charge in [-0.15, -0.1) is 24.8 Å². The van der Waals surface area contributed by atoms with Crippen molar-refractivity contribution in [1.29, 1.82) is 0 Å². The lowest BCUT2D eigenvalue weighted by Gasteiger charge is -2.05. The number of hydrogen-bond donors (Lipinski definition) is 3. The van der Waals surface area contributed by atoms with E-state index in [0.717, 1.165) is 17.1 Å². The van der Waals surface area contributed by atoms with Gasteiger partial charge in [0.25, 0.3) is 0 Å². The smallest absolute Gasteiger partial charge is 0.216 e. The first kappa shape index (κ1) is 18.6. The van der Waals surface area contributed by atoms with Crippen LogP contribution >= 0.6 is 36.8 Å². The molecule has 0 radical (unpaired) electrons. The fraction of sp³-hybridized carbons (Fsp3) is 0.300. The number of nitrogen functional groups attached to an aromatic ring is 1. The van der Waals surface area contributed by atoms with E-state index in [1.54, 1.807) is 11.9 Å². The molecule has 0 bridgehead atoms. The third-order valence-electron chi connectivity index (χ3n) is 1.68. The Labute approximate surface area is 118 Å². The summed E-state index contributed by atoms with van der Waals surface area (Å²) >= 11 is 1.55. The molecule has 0 aliphatic rings. The lowest BCUT2D eigenvalue weighted by molar-refractivity contribution is -0.118. The zero-order valence-corrected chi connectivity index (χ0v) is 11.9. The lowest BCUT2D eigenvalue weighted by Crippen LogP contribution is -2.22. The van der Waals surface area contributed by atoms with Crippen LogP contribution in [0.2, 0.25) is 0 Å². The molecule has 1 amide bonds. The van der Waals surface area contributed by atoms with Crippen LogP contribution in [0.15, 0.2) is 24.3 Å². The first-order valence-electron chi connectivity index (χ1n) is 4.66. The molecule has 1 aromatic rings.